The molecule has 2 N–H and O–H groups in total. The molecule has 0 amide bonds. The molecule has 5 heterocycles. The minimum absolute atomic E-state index is 0.172. The fourth-order valence-corrected chi connectivity index (χ4v) is 5.30. The van der Waals surface area contributed by atoms with E-state index in [9.17, 15) is 23.8 Å². The van der Waals surface area contributed by atoms with Crippen molar-refractivity contribution < 1.29 is 28.5 Å². The lowest BCUT2D eigenvalue weighted by Crippen LogP contribution is -2.50. The Morgan fingerprint density at radius 2 is 1.81 bits per heavy atom. The Labute approximate surface area is 244 Å². The fraction of sp³-hybridized carbons (Fsp3) is 0.357. The van der Waals surface area contributed by atoms with Crippen molar-refractivity contribution in [3.05, 3.63) is 81.9 Å². The molecular formula is C28H28ClF2N7O4. The topological polar surface area (TPSA) is 120 Å². The van der Waals surface area contributed by atoms with Gasteiger partial charge in [0.1, 0.15) is 18.1 Å². The van der Waals surface area contributed by atoms with Gasteiger partial charge in [-0.25, -0.2) is 19.2 Å². The van der Waals surface area contributed by atoms with Gasteiger partial charge >= 0.3 is 5.97 Å². The van der Waals surface area contributed by atoms with E-state index in [-0.39, 0.29) is 34.7 Å². The second-order valence-corrected chi connectivity index (χ2v) is 10.9. The molecule has 0 atom stereocenters. The zero-order chi connectivity index (χ0) is 29.4. The third-order valence-electron chi connectivity index (χ3n) is 7.47. The molecule has 1 aromatic carbocycles. The maximum absolute atomic E-state index is 14.4. The van der Waals surface area contributed by atoms with Gasteiger partial charge in [-0.15, -0.1) is 0 Å². The number of fused-ring (bicyclic) bond motifs is 1. The summed E-state index contributed by atoms with van der Waals surface area (Å²) in [6.45, 7) is 4.45. The van der Waals surface area contributed by atoms with Crippen LogP contribution >= 0.6 is 11.6 Å². The highest BCUT2D eigenvalue weighted by molar-refractivity contribution is 6.30. The number of carboxylic acids is 1. The molecule has 0 bridgehead atoms. The van der Waals surface area contributed by atoms with Crippen LogP contribution in [0.2, 0.25) is 5.02 Å². The van der Waals surface area contributed by atoms with Crippen LogP contribution in [0.25, 0.3) is 5.65 Å². The molecule has 4 aromatic rings. The van der Waals surface area contributed by atoms with Crippen LogP contribution in [0, 0.1) is 11.6 Å². The van der Waals surface area contributed by atoms with E-state index < -0.39 is 17.6 Å². The normalized spacial score (nSPS) is 16.6. The predicted octanol–water partition coefficient (Wildman–Crippen LogP) is 2.83. The number of aliphatic hydroxyl groups is 1. The number of halogens is 3. The van der Waals surface area contributed by atoms with Gasteiger partial charge in [0.2, 0.25) is 11.8 Å². The van der Waals surface area contributed by atoms with E-state index in [2.05, 4.69) is 19.8 Å². The zero-order valence-corrected chi connectivity index (χ0v) is 23.2. The van der Waals surface area contributed by atoms with Crippen molar-refractivity contribution in [2.24, 2.45) is 0 Å². The summed E-state index contributed by atoms with van der Waals surface area (Å²) in [6.07, 6.45) is 2.28. The van der Waals surface area contributed by atoms with Crippen molar-refractivity contribution in [3.63, 3.8) is 0 Å². The number of imidazole rings is 1. The van der Waals surface area contributed by atoms with Crippen molar-refractivity contribution in [1.82, 2.24) is 29.2 Å². The van der Waals surface area contributed by atoms with Crippen molar-refractivity contribution in [1.29, 1.82) is 0 Å². The predicted molar refractivity (Wildman–Crippen MR) is 149 cm³/mol. The number of hydrogen-bond acceptors (Lipinski definition) is 9. The Kier molecular flexibility index (Phi) is 7.90. The number of anilines is 1. The Balaban J connectivity index is 1.13. The second kappa shape index (κ2) is 11.8. The van der Waals surface area contributed by atoms with E-state index in [0.29, 0.717) is 64.0 Å². The highest BCUT2D eigenvalue weighted by Crippen LogP contribution is 2.24. The summed E-state index contributed by atoms with van der Waals surface area (Å²) in [5.41, 5.74) is 2.79. The lowest BCUT2D eigenvalue weighted by molar-refractivity contribution is -0.00394. The molecule has 0 spiro atoms. The summed E-state index contributed by atoms with van der Waals surface area (Å²) < 4.78 is 35.8. The zero-order valence-electron chi connectivity index (χ0n) is 22.5. The summed E-state index contributed by atoms with van der Waals surface area (Å²) in [5.74, 6) is -2.25. The third-order valence-corrected chi connectivity index (χ3v) is 7.70. The van der Waals surface area contributed by atoms with Gasteiger partial charge in [-0.3, -0.25) is 9.80 Å². The molecule has 220 valence electrons. The van der Waals surface area contributed by atoms with Gasteiger partial charge in [-0.05, 0) is 24.3 Å². The summed E-state index contributed by atoms with van der Waals surface area (Å²) in [5, 5.41) is 19.5. The van der Waals surface area contributed by atoms with E-state index >= 15 is 0 Å². The molecular weight excluding hydrogens is 572 g/mol. The van der Waals surface area contributed by atoms with Gasteiger partial charge in [0.05, 0.1) is 29.3 Å². The molecule has 42 heavy (non-hydrogen) atoms. The Bertz CT molecular complexity index is 1620. The molecule has 0 unspecified atom stereocenters. The number of hydrogen-bond donors (Lipinski definition) is 2. The first-order valence-electron chi connectivity index (χ1n) is 13.4. The number of carboxylic acid groups (broad SMARTS) is 1. The van der Waals surface area contributed by atoms with E-state index in [0.717, 1.165) is 17.6 Å². The van der Waals surface area contributed by atoms with Gasteiger partial charge in [-0.1, -0.05) is 17.7 Å². The number of benzene rings is 1. The maximum Gasteiger partial charge on any atom is 0.337 e. The number of aromatic nitrogens is 4. The first kappa shape index (κ1) is 28.2. The number of piperazine rings is 1. The molecule has 2 aliphatic heterocycles. The summed E-state index contributed by atoms with van der Waals surface area (Å²) in [7, 11) is 0. The number of aromatic carboxylic acids is 1. The third kappa shape index (κ3) is 6.00. The average Bonchev–Trinajstić information content (AvgIpc) is 3.29. The lowest BCUT2D eigenvalue weighted by Gasteiger charge is -2.36. The maximum atomic E-state index is 14.4. The molecule has 0 radical (unpaired) electrons. The largest absolute Gasteiger partial charge is 0.478 e. The summed E-state index contributed by atoms with van der Waals surface area (Å²) in [4.78, 5) is 31.0. The monoisotopic (exact) mass is 599 g/mol. The summed E-state index contributed by atoms with van der Waals surface area (Å²) >= 11 is 5.79. The second-order valence-electron chi connectivity index (χ2n) is 10.4. The molecule has 6 rings (SSSR count). The standard InChI is InChI=1S/C28H28ClF2N7O4/c29-19-3-1-18(21(30)9-19)16-42-26-22(31)10-32-28(34-26)37-7-5-35(6-8-37)14-23-24(15-36-12-20(39)13-36)38-11-17(27(40)41)2-4-25(38)33-23/h1-4,9-11,20,39H,5-8,12-16H2,(H,40,41). The van der Waals surface area contributed by atoms with Gasteiger partial charge in [0, 0.05) is 69.1 Å². The lowest BCUT2D eigenvalue weighted by atomic mass is 10.1. The van der Waals surface area contributed by atoms with E-state index in [1.54, 1.807) is 12.3 Å². The van der Waals surface area contributed by atoms with Crippen LogP contribution in [-0.2, 0) is 19.7 Å². The molecule has 2 fully saturated rings. The van der Waals surface area contributed by atoms with Gasteiger partial charge < -0.3 is 24.3 Å². The molecule has 0 aliphatic carbocycles. The van der Waals surface area contributed by atoms with E-state index in [4.69, 9.17) is 21.3 Å². The van der Waals surface area contributed by atoms with Crippen molar-refractivity contribution in [3.8, 4) is 5.88 Å². The SMILES string of the molecule is O=C(O)c1ccc2nc(CN3CCN(c4ncc(F)c(OCc5ccc(Cl)cc5F)n4)CC3)c(CN3CC(O)C3)n2c1. The number of ether oxygens (including phenoxy) is 1. The number of rotatable bonds is 9. The molecule has 2 saturated heterocycles. The van der Waals surface area contributed by atoms with Gasteiger partial charge in [0.25, 0.3) is 5.88 Å². The van der Waals surface area contributed by atoms with Crippen LogP contribution < -0.4 is 9.64 Å². The number of likely N-dealkylation sites (tertiary alicyclic amines) is 1. The van der Waals surface area contributed by atoms with E-state index in [1.807, 2.05) is 9.30 Å². The van der Waals surface area contributed by atoms with Gasteiger partial charge in [0.15, 0.2) is 0 Å². The molecule has 14 heteroatoms. The van der Waals surface area contributed by atoms with Crippen molar-refractivity contribution in [2.45, 2.75) is 25.8 Å². The summed E-state index contributed by atoms with van der Waals surface area (Å²) in [6, 6.07) is 7.41. The van der Waals surface area contributed by atoms with Crippen molar-refractivity contribution in [2.75, 3.05) is 44.2 Å². The minimum atomic E-state index is -1.01. The molecule has 2 aliphatic rings. The quantitative estimate of drug-likeness (QED) is 0.297. The molecule has 11 nitrogen and oxygen atoms in total. The Morgan fingerprint density at radius 3 is 2.52 bits per heavy atom. The Hall–Kier alpha value is -3.91. The van der Waals surface area contributed by atoms with Gasteiger partial charge in [-0.2, -0.15) is 9.37 Å². The first-order valence-corrected chi connectivity index (χ1v) is 13.8. The highest BCUT2D eigenvalue weighted by Gasteiger charge is 2.28. The average molecular weight is 600 g/mol. The number of aliphatic hydroxyl groups excluding tert-OH is 1. The fourth-order valence-electron chi connectivity index (χ4n) is 5.15. The first-order chi connectivity index (χ1) is 20.2. The van der Waals surface area contributed by atoms with E-state index in [1.165, 1.54) is 24.3 Å². The van der Waals surface area contributed by atoms with Crippen molar-refractivity contribution >= 4 is 29.2 Å². The van der Waals surface area contributed by atoms with Crippen LogP contribution in [0.4, 0.5) is 14.7 Å². The van der Waals surface area contributed by atoms with Crippen LogP contribution in [0.5, 0.6) is 5.88 Å². The minimum Gasteiger partial charge on any atom is -0.478 e. The molecule has 0 saturated carbocycles. The van der Waals surface area contributed by atoms with Crippen LogP contribution in [0.1, 0.15) is 27.3 Å². The number of pyridine rings is 1. The number of carbonyl (C=O) groups is 1. The van der Waals surface area contributed by atoms with Crippen LogP contribution in [0.3, 0.4) is 0 Å². The number of nitrogens with zero attached hydrogens (tertiary/aromatic N) is 7. The Morgan fingerprint density at radius 1 is 1.02 bits per heavy atom. The van der Waals surface area contributed by atoms with Crippen LogP contribution in [0.15, 0.2) is 42.7 Å². The molecule has 3 aromatic heterocycles. The smallest absolute Gasteiger partial charge is 0.337 e. The van der Waals surface area contributed by atoms with Crippen LogP contribution in [-0.4, -0.2) is 90.7 Å². The highest BCUT2D eigenvalue weighted by atomic mass is 35.5. The number of β-amino-alcohol motifs (C(OH)–C–C–N with tert-alkyl or cyclic N) is 1.